The molecule has 0 aliphatic carbocycles. The quantitative estimate of drug-likeness (QED) is 0.758. The summed E-state index contributed by atoms with van der Waals surface area (Å²) in [5, 5.41) is 11.8. The third-order valence-electron chi connectivity index (χ3n) is 3.38. The molecule has 18 heavy (non-hydrogen) atoms. The summed E-state index contributed by atoms with van der Waals surface area (Å²) < 4.78 is 3.35. The zero-order chi connectivity index (χ0) is 12.7. The van der Waals surface area contributed by atoms with E-state index in [0.29, 0.717) is 0 Å². The molecule has 3 aromatic rings. The molecular formula is C15H14BrNO. The number of aliphatic hydroxyl groups is 1. The van der Waals surface area contributed by atoms with Crippen LogP contribution in [0.25, 0.3) is 21.8 Å². The first-order chi connectivity index (χ1) is 8.76. The highest BCUT2D eigenvalue weighted by atomic mass is 79.9. The molecule has 0 amide bonds. The van der Waals surface area contributed by atoms with Crippen molar-refractivity contribution in [2.75, 3.05) is 0 Å². The van der Waals surface area contributed by atoms with Crippen LogP contribution in [-0.2, 0) is 13.2 Å². The van der Waals surface area contributed by atoms with Gasteiger partial charge < -0.3 is 9.67 Å². The number of benzene rings is 2. The third-order valence-corrected chi connectivity index (χ3v) is 3.98. The zero-order valence-corrected chi connectivity index (χ0v) is 11.7. The number of aliphatic hydroxyl groups excluding tert-OH is 1. The van der Waals surface area contributed by atoms with Crippen molar-refractivity contribution in [1.82, 2.24) is 4.57 Å². The smallest absolute Gasteiger partial charge is 0.0682 e. The minimum absolute atomic E-state index is 0.0696. The summed E-state index contributed by atoms with van der Waals surface area (Å²) in [4.78, 5) is 0. The molecule has 2 nitrogen and oxygen atoms in total. The second-order valence-corrected chi connectivity index (χ2v) is 5.25. The summed E-state index contributed by atoms with van der Waals surface area (Å²) in [6, 6.07) is 12.5. The van der Waals surface area contributed by atoms with E-state index in [1.165, 1.54) is 21.8 Å². The predicted octanol–water partition coefficient (Wildman–Crippen LogP) is 4.07. The molecule has 0 aliphatic rings. The van der Waals surface area contributed by atoms with Gasteiger partial charge in [0.05, 0.1) is 12.1 Å². The summed E-state index contributed by atoms with van der Waals surface area (Å²) in [5.74, 6) is 0. The van der Waals surface area contributed by atoms with E-state index >= 15 is 0 Å². The van der Waals surface area contributed by atoms with E-state index in [9.17, 15) is 5.11 Å². The van der Waals surface area contributed by atoms with Crippen LogP contribution in [0.1, 0.15) is 12.5 Å². The lowest BCUT2D eigenvalue weighted by Crippen LogP contribution is -1.94. The fourth-order valence-corrected chi connectivity index (χ4v) is 3.33. The monoisotopic (exact) mass is 303 g/mol. The Morgan fingerprint density at radius 3 is 2.67 bits per heavy atom. The Bertz CT molecular complexity index is 730. The molecule has 0 atom stereocenters. The molecule has 0 spiro atoms. The molecule has 0 saturated carbocycles. The van der Waals surface area contributed by atoms with Gasteiger partial charge in [0, 0.05) is 27.3 Å². The highest BCUT2D eigenvalue weighted by molar-refractivity contribution is 9.10. The van der Waals surface area contributed by atoms with Gasteiger partial charge in [0.15, 0.2) is 0 Å². The average molecular weight is 304 g/mol. The maximum absolute atomic E-state index is 9.33. The number of rotatable bonds is 2. The number of halogens is 1. The number of nitrogens with zero attached hydrogens (tertiary/aromatic N) is 1. The predicted molar refractivity (Wildman–Crippen MR) is 78.7 cm³/mol. The van der Waals surface area contributed by atoms with Gasteiger partial charge in [0.2, 0.25) is 0 Å². The van der Waals surface area contributed by atoms with Crippen LogP contribution < -0.4 is 0 Å². The molecule has 3 heteroatoms. The standard InChI is InChI=1S/C15H14BrNO/c1-2-17-14-6-4-3-5-11(14)12-7-10(9-18)8-13(16)15(12)17/h3-8,18H,2,9H2,1H3. The Kier molecular flexibility index (Phi) is 2.88. The Morgan fingerprint density at radius 2 is 1.94 bits per heavy atom. The lowest BCUT2D eigenvalue weighted by atomic mass is 10.1. The number of hydrogen-bond donors (Lipinski definition) is 1. The van der Waals surface area contributed by atoms with Gasteiger partial charge in [0.1, 0.15) is 0 Å². The van der Waals surface area contributed by atoms with E-state index in [1.807, 2.05) is 6.07 Å². The van der Waals surface area contributed by atoms with Gasteiger partial charge in [-0.15, -0.1) is 0 Å². The summed E-state index contributed by atoms with van der Waals surface area (Å²) in [6.45, 7) is 3.15. The third kappa shape index (κ3) is 1.58. The van der Waals surface area contributed by atoms with Crippen molar-refractivity contribution in [2.24, 2.45) is 0 Å². The van der Waals surface area contributed by atoms with Crippen LogP contribution in [0.5, 0.6) is 0 Å². The fourth-order valence-electron chi connectivity index (χ4n) is 2.61. The van der Waals surface area contributed by atoms with Crippen LogP contribution in [0.2, 0.25) is 0 Å². The second-order valence-electron chi connectivity index (χ2n) is 4.39. The summed E-state index contributed by atoms with van der Waals surface area (Å²) >= 11 is 3.63. The molecule has 0 saturated heterocycles. The first-order valence-corrected chi connectivity index (χ1v) is 6.85. The van der Waals surface area contributed by atoms with Gasteiger partial charge in [-0.3, -0.25) is 0 Å². The summed E-state index contributed by atoms with van der Waals surface area (Å²) in [7, 11) is 0. The van der Waals surface area contributed by atoms with Crippen molar-refractivity contribution in [3.63, 3.8) is 0 Å². The van der Waals surface area contributed by atoms with Gasteiger partial charge in [-0.2, -0.15) is 0 Å². The van der Waals surface area contributed by atoms with Crippen molar-refractivity contribution >= 4 is 37.7 Å². The summed E-state index contributed by atoms with van der Waals surface area (Å²) in [6.07, 6.45) is 0. The fraction of sp³-hybridized carbons (Fsp3) is 0.200. The van der Waals surface area contributed by atoms with Crippen LogP contribution in [0.3, 0.4) is 0 Å². The van der Waals surface area contributed by atoms with Crippen molar-refractivity contribution < 1.29 is 5.11 Å². The molecule has 0 unspecified atom stereocenters. The van der Waals surface area contributed by atoms with Crippen LogP contribution in [-0.4, -0.2) is 9.67 Å². The van der Waals surface area contributed by atoms with Gasteiger partial charge >= 0.3 is 0 Å². The second kappa shape index (κ2) is 4.41. The van der Waals surface area contributed by atoms with E-state index in [0.717, 1.165) is 16.6 Å². The highest BCUT2D eigenvalue weighted by Crippen LogP contribution is 2.34. The Labute approximate surface area is 114 Å². The van der Waals surface area contributed by atoms with Crippen molar-refractivity contribution in [1.29, 1.82) is 0 Å². The Hall–Kier alpha value is -1.32. The van der Waals surface area contributed by atoms with Gasteiger partial charge in [-0.25, -0.2) is 0 Å². The van der Waals surface area contributed by atoms with Crippen LogP contribution in [0, 0.1) is 0 Å². The maximum Gasteiger partial charge on any atom is 0.0682 e. The van der Waals surface area contributed by atoms with E-state index in [-0.39, 0.29) is 6.61 Å². The first-order valence-electron chi connectivity index (χ1n) is 6.06. The number of para-hydroxylation sites is 1. The number of aryl methyl sites for hydroxylation is 1. The lowest BCUT2D eigenvalue weighted by Gasteiger charge is -2.05. The van der Waals surface area contributed by atoms with Crippen LogP contribution in [0.4, 0.5) is 0 Å². The molecule has 1 aromatic heterocycles. The van der Waals surface area contributed by atoms with Gasteiger partial charge in [0.25, 0.3) is 0 Å². The van der Waals surface area contributed by atoms with Crippen molar-refractivity contribution in [3.05, 3.63) is 46.4 Å². The molecule has 1 N–H and O–H groups in total. The SMILES string of the molecule is CCn1c2ccccc2c2cc(CO)cc(Br)c21. The van der Waals surface area contributed by atoms with Crippen LogP contribution >= 0.6 is 15.9 Å². The summed E-state index contributed by atoms with van der Waals surface area (Å²) in [5.41, 5.74) is 3.38. The first kappa shape index (κ1) is 11.8. The van der Waals surface area contributed by atoms with E-state index < -0.39 is 0 Å². The van der Waals surface area contributed by atoms with Crippen molar-refractivity contribution in [2.45, 2.75) is 20.1 Å². The van der Waals surface area contributed by atoms with E-state index in [4.69, 9.17) is 0 Å². The average Bonchev–Trinajstić information content (AvgIpc) is 2.73. The Balaban J connectivity index is 2.55. The Morgan fingerprint density at radius 1 is 1.17 bits per heavy atom. The molecule has 1 heterocycles. The normalized spacial score (nSPS) is 11.5. The van der Waals surface area contributed by atoms with Gasteiger partial charge in [-0.1, -0.05) is 18.2 Å². The van der Waals surface area contributed by atoms with E-state index in [2.05, 4.69) is 57.8 Å². The van der Waals surface area contributed by atoms with Crippen LogP contribution in [0.15, 0.2) is 40.9 Å². The lowest BCUT2D eigenvalue weighted by molar-refractivity contribution is 0.282. The largest absolute Gasteiger partial charge is 0.392 e. The highest BCUT2D eigenvalue weighted by Gasteiger charge is 2.12. The number of aromatic nitrogens is 1. The van der Waals surface area contributed by atoms with Gasteiger partial charge in [-0.05, 0) is 46.6 Å². The minimum Gasteiger partial charge on any atom is -0.392 e. The molecule has 0 fully saturated rings. The topological polar surface area (TPSA) is 25.2 Å². The molecule has 92 valence electrons. The molecule has 3 rings (SSSR count). The molecule has 2 aromatic carbocycles. The minimum atomic E-state index is 0.0696. The molecule has 0 aliphatic heterocycles. The van der Waals surface area contributed by atoms with Crippen molar-refractivity contribution in [3.8, 4) is 0 Å². The van der Waals surface area contributed by atoms with E-state index in [1.54, 1.807) is 0 Å². The number of hydrogen-bond acceptors (Lipinski definition) is 1. The molecule has 0 bridgehead atoms. The number of fused-ring (bicyclic) bond motifs is 3. The molecule has 0 radical (unpaired) electrons. The maximum atomic E-state index is 9.33. The molecular weight excluding hydrogens is 290 g/mol. The zero-order valence-electron chi connectivity index (χ0n) is 10.2.